The van der Waals surface area contributed by atoms with Gasteiger partial charge in [0.05, 0.1) is 31.4 Å². The van der Waals surface area contributed by atoms with Gasteiger partial charge in [0.25, 0.3) is 0 Å². The van der Waals surface area contributed by atoms with E-state index in [1.54, 1.807) is 63.3 Å². The third-order valence-electron chi connectivity index (χ3n) is 12.1. The Morgan fingerprint density at radius 3 is 2.38 bits per heavy atom. The van der Waals surface area contributed by atoms with Gasteiger partial charge in [0.1, 0.15) is 54.4 Å². The molecule has 1 aromatic rings. The summed E-state index contributed by atoms with van der Waals surface area (Å²) in [6, 6.07) is 5.21. The molecular formula is C44H60N2O15. The molecule has 10 unspecified atom stereocenters. The largest absolute Gasteiger partial charge is 0.460 e. The number of likely N-dealkylation sites (tertiary alicyclic amines) is 1. The van der Waals surface area contributed by atoms with Crippen LogP contribution in [0, 0.1) is 11.8 Å². The monoisotopic (exact) mass is 856 g/mol. The summed E-state index contributed by atoms with van der Waals surface area (Å²) < 4.78 is 36.1. The highest BCUT2D eigenvalue weighted by Gasteiger charge is 2.64. The molecule has 1 aromatic carbocycles. The van der Waals surface area contributed by atoms with Crippen LogP contribution >= 0.6 is 0 Å². The summed E-state index contributed by atoms with van der Waals surface area (Å²) in [5, 5.41) is 52.8. The zero-order chi connectivity index (χ0) is 43.6. The number of carbonyl (C=O) groups excluding carboxylic acids is 4. The molecule has 336 valence electrons. The number of benzene rings is 1. The normalized spacial score (nSPS) is 31.6. The Labute approximate surface area is 354 Å². The number of carbonyl (C=O) groups is 4. The Hall–Kier alpha value is -3.78. The van der Waals surface area contributed by atoms with Crippen LogP contribution in [0.1, 0.15) is 94.5 Å². The summed E-state index contributed by atoms with van der Waals surface area (Å²) in [7, 11) is 0. The molecule has 10 atom stereocenters. The minimum atomic E-state index is -1.59. The molecule has 2 saturated carbocycles. The molecule has 6 aliphatic rings. The first-order valence-corrected chi connectivity index (χ1v) is 21.5. The van der Waals surface area contributed by atoms with Crippen molar-refractivity contribution >= 4 is 29.8 Å². The Kier molecular flexibility index (Phi) is 14.0. The van der Waals surface area contributed by atoms with Gasteiger partial charge in [-0.2, -0.15) is 0 Å². The molecule has 17 nitrogen and oxygen atoms in total. The van der Waals surface area contributed by atoms with Crippen LogP contribution in [-0.4, -0.2) is 153 Å². The van der Waals surface area contributed by atoms with E-state index in [4.69, 9.17) is 28.4 Å². The summed E-state index contributed by atoms with van der Waals surface area (Å²) in [5.41, 5.74) is 0.380. The number of nitrogens with one attached hydrogen (secondary N) is 1. The number of fused-ring (bicyclic) bond motifs is 1. The number of ether oxygens (including phenoxy) is 6. The van der Waals surface area contributed by atoms with E-state index in [2.05, 4.69) is 5.32 Å². The Morgan fingerprint density at radius 1 is 0.984 bits per heavy atom. The van der Waals surface area contributed by atoms with Gasteiger partial charge in [0.15, 0.2) is 12.1 Å². The maximum atomic E-state index is 14.4. The SMILES string of the molecule is CC(C)(C)OC(=O)CCC(CO)NC(=O)C1CCCN1C(=O)C1=CC2OC(C3CC3)(C3CC3)OC2C(OC(=O)c2ccccc2C=CCOC2OC(CO)C(O)C(O)C2O)C1. The molecule has 3 heterocycles. The Balaban J connectivity index is 1.04. The van der Waals surface area contributed by atoms with E-state index in [-0.39, 0.29) is 49.2 Å². The van der Waals surface area contributed by atoms with Crippen LogP contribution in [0.25, 0.3) is 6.08 Å². The number of amides is 2. The number of aliphatic hydroxyl groups is 5. The van der Waals surface area contributed by atoms with E-state index in [1.165, 1.54) is 4.90 Å². The van der Waals surface area contributed by atoms with Crippen molar-refractivity contribution < 1.29 is 73.1 Å². The van der Waals surface area contributed by atoms with Crippen molar-refractivity contribution in [2.24, 2.45) is 11.8 Å². The molecular weight excluding hydrogens is 796 g/mol. The van der Waals surface area contributed by atoms with Crippen LogP contribution in [0.4, 0.5) is 0 Å². The lowest BCUT2D eigenvalue weighted by molar-refractivity contribution is -0.298. The van der Waals surface area contributed by atoms with Crippen molar-refractivity contribution in [1.29, 1.82) is 0 Å². The lowest BCUT2D eigenvalue weighted by Gasteiger charge is -2.39. The highest BCUT2D eigenvalue weighted by Crippen LogP contribution is 2.59. The predicted octanol–water partition coefficient (Wildman–Crippen LogP) is 1.26. The summed E-state index contributed by atoms with van der Waals surface area (Å²) in [6.07, 6.45) is 0.555. The molecule has 3 aliphatic heterocycles. The van der Waals surface area contributed by atoms with Crippen molar-refractivity contribution in [3.63, 3.8) is 0 Å². The van der Waals surface area contributed by atoms with Gasteiger partial charge < -0.3 is 64.2 Å². The maximum absolute atomic E-state index is 14.4. The van der Waals surface area contributed by atoms with Gasteiger partial charge in [-0.1, -0.05) is 30.4 Å². The maximum Gasteiger partial charge on any atom is 0.339 e. The Bertz CT molecular complexity index is 1810. The summed E-state index contributed by atoms with van der Waals surface area (Å²) in [6.45, 7) is 4.49. The van der Waals surface area contributed by atoms with Gasteiger partial charge in [0.2, 0.25) is 11.8 Å². The van der Waals surface area contributed by atoms with Gasteiger partial charge in [-0.15, -0.1) is 0 Å². The molecule has 0 spiro atoms. The van der Waals surface area contributed by atoms with Crippen LogP contribution in [0.3, 0.4) is 0 Å². The zero-order valence-electron chi connectivity index (χ0n) is 34.9. The fraction of sp³-hybridized carbons (Fsp3) is 0.682. The van der Waals surface area contributed by atoms with Gasteiger partial charge in [0, 0.05) is 36.8 Å². The van der Waals surface area contributed by atoms with Crippen molar-refractivity contribution in [1.82, 2.24) is 10.2 Å². The third kappa shape index (κ3) is 10.4. The van der Waals surface area contributed by atoms with Crippen LogP contribution in [0.15, 0.2) is 42.0 Å². The first-order valence-electron chi connectivity index (χ1n) is 21.5. The van der Waals surface area contributed by atoms with E-state index in [9.17, 15) is 44.7 Å². The molecule has 5 fully saturated rings. The average Bonchev–Trinajstić information content (AvgIpc) is 4.18. The number of rotatable bonds is 16. The van der Waals surface area contributed by atoms with Crippen molar-refractivity contribution in [3.8, 4) is 0 Å². The van der Waals surface area contributed by atoms with Crippen LogP contribution in [0.2, 0.25) is 0 Å². The summed E-state index contributed by atoms with van der Waals surface area (Å²) in [5.74, 6) is -2.35. The highest BCUT2D eigenvalue weighted by atomic mass is 16.8. The van der Waals surface area contributed by atoms with E-state index < -0.39 is 104 Å². The van der Waals surface area contributed by atoms with E-state index in [1.807, 2.05) is 0 Å². The second-order valence-electron chi connectivity index (χ2n) is 18.0. The summed E-state index contributed by atoms with van der Waals surface area (Å²) in [4.78, 5) is 55.9. The lowest BCUT2D eigenvalue weighted by Crippen LogP contribution is -2.59. The lowest BCUT2D eigenvalue weighted by atomic mass is 9.91. The van der Waals surface area contributed by atoms with Crippen LogP contribution in [0.5, 0.6) is 0 Å². The molecule has 3 saturated heterocycles. The number of aliphatic hydroxyl groups excluding tert-OH is 5. The van der Waals surface area contributed by atoms with Gasteiger partial charge in [-0.25, -0.2) is 4.79 Å². The van der Waals surface area contributed by atoms with Crippen LogP contribution < -0.4 is 5.32 Å². The van der Waals surface area contributed by atoms with Gasteiger partial charge in [-0.3, -0.25) is 14.4 Å². The third-order valence-corrected chi connectivity index (χ3v) is 12.1. The van der Waals surface area contributed by atoms with E-state index in [0.29, 0.717) is 30.5 Å². The average molecular weight is 857 g/mol. The van der Waals surface area contributed by atoms with Crippen molar-refractivity contribution in [2.45, 2.75) is 151 Å². The number of hydrogen-bond acceptors (Lipinski definition) is 15. The fourth-order valence-corrected chi connectivity index (χ4v) is 8.78. The quantitative estimate of drug-likeness (QED) is 0.128. The number of nitrogens with zero attached hydrogens (tertiary/aromatic N) is 1. The number of esters is 2. The fourth-order valence-electron chi connectivity index (χ4n) is 8.78. The smallest absolute Gasteiger partial charge is 0.339 e. The zero-order valence-corrected chi connectivity index (χ0v) is 34.9. The van der Waals surface area contributed by atoms with E-state index >= 15 is 0 Å². The molecule has 0 radical (unpaired) electrons. The molecule has 2 amide bonds. The minimum Gasteiger partial charge on any atom is -0.460 e. The van der Waals surface area contributed by atoms with Crippen LogP contribution in [-0.2, 0) is 42.8 Å². The first kappa shape index (κ1) is 45.3. The van der Waals surface area contributed by atoms with Gasteiger partial charge in [-0.05, 0) is 83.4 Å². The molecule has 7 rings (SSSR count). The van der Waals surface area contributed by atoms with Crippen molar-refractivity contribution in [3.05, 3.63) is 53.1 Å². The number of hydrogen-bond donors (Lipinski definition) is 6. The molecule has 0 bridgehead atoms. The molecule has 61 heavy (non-hydrogen) atoms. The Morgan fingerprint density at radius 2 is 1.70 bits per heavy atom. The minimum absolute atomic E-state index is 0.00234. The topological polar surface area (TPSA) is 240 Å². The molecule has 3 aliphatic carbocycles. The van der Waals surface area contributed by atoms with Crippen molar-refractivity contribution in [2.75, 3.05) is 26.4 Å². The standard InChI is InChI=1S/C44H60N2O15/c1-43(2,3)60-34(49)17-16-28(22-47)45-39(53)30-11-6-18-46(30)40(54)25-20-31(38-32(21-25)59-44(61-38,26-12-13-26)27-14-15-27)57-41(55)29-10-5-4-8-24(29)9-7-19-56-42-37(52)36(51)35(50)33(23-48)58-42/h4-5,7-10,21,26-28,30-33,35-38,42,47-48,50-52H,6,11-20,22-23H2,1-3H3,(H,45,53). The predicted molar refractivity (Wildman–Crippen MR) is 214 cm³/mol. The first-order chi connectivity index (χ1) is 29.1. The molecule has 17 heteroatoms. The molecule has 0 aromatic heterocycles. The highest BCUT2D eigenvalue weighted by molar-refractivity contribution is 5.98. The second kappa shape index (κ2) is 18.9. The van der Waals surface area contributed by atoms with E-state index in [0.717, 1.165) is 25.7 Å². The van der Waals surface area contributed by atoms with Gasteiger partial charge >= 0.3 is 11.9 Å². The second-order valence-corrected chi connectivity index (χ2v) is 18.0. The summed E-state index contributed by atoms with van der Waals surface area (Å²) >= 11 is 0. The molecule has 6 N–H and O–H groups in total.